The van der Waals surface area contributed by atoms with Gasteiger partial charge in [0.2, 0.25) is 5.91 Å². The number of nitrogens with one attached hydrogen (secondary N) is 2. The van der Waals surface area contributed by atoms with E-state index in [-0.39, 0.29) is 17.5 Å². The monoisotopic (exact) mass is 219 g/mol. The van der Waals surface area contributed by atoms with Crippen LogP contribution in [-0.2, 0) is 4.79 Å². The van der Waals surface area contributed by atoms with Crippen molar-refractivity contribution in [3.05, 3.63) is 23.5 Å². The normalized spacial score (nSPS) is 18.8. The molecule has 2 N–H and O–H groups in total. The maximum atomic E-state index is 13.4. The molecule has 1 aromatic rings. The van der Waals surface area contributed by atoms with Crippen LogP contribution >= 0.6 is 0 Å². The molecule has 1 unspecified atom stereocenters. The van der Waals surface area contributed by atoms with E-state index in [1.54, 1.807) is 13.0 Å². The summed E-state index contributed by atoms with van der Waals surface area (Å²) in [6.07, 6.45) is 0.293. The molecule has 16 heavy (non-hydrogen) atoms. The van der Waals surface area contributed by atoms with E-state index in [9.17, 15) is 9.18 Å². The Labute approximate surface area is 92.1 Å². The molecule has 2 rings (SSSR count). The molecule has 5 heteroatoms. The van der Waals surface area contributed by atoms with Crippen LogP contribution in [0.25, 0.3) is 0 Å². The fourth-order valence-corrected chi connectivity index (χ4v) is 1.72. The van der Waals surface area contributed by atoms with Crippen LogP contribution < -0.4 is 10.6 Å². The summed E-state index contributed by atoms with van der Waals surface area (Å²) in [6.45, 7) is 1.81. The van der Waals surface area contributed by atoms with Gasteiger partial charge in [-0.2, -0.15) is 5.26 Å². The number of hydrogen-bond donors (Lipinski definition) is 2. The van der Waals surface area contributed by atoms with E-state index in [4.69, 9.17) is 5.26 Å². The third kappa shape index (κ3) is 1.70. The summed E-state index contributed by atoms with van der Waals surface area (Å²) in [6, 6.07) is 4.30. The number of carbonyl (C=O) groups is 1. The van der Waals surface area contributed by atoms with Crippen LogP contribution in [0, 0.1) is 17.1 Å². The highest BCUT2D eigenvalue weighted by atomic mass is 19.1. The van der Waals surface area contributed by atoms with Crippen molar-refractivity contribution in [3.8, 4) is 6.07 Å². The van der Waals surface area contributed by atoms with Gasteiger partial charge in [-0.15, -0.1) is 0 Å². The number of halogens is 1. The van der Waals surface area contributed by atoms with Gasteiger partial charge in [-0.3, -0.25) is 4.79 Å². The zero-order chi connectivity index (χ0) is 11.7. The minimum atomic E-state index is -0.586. The Morgan fingerprint density at radius 3 is 3.00 bits per heavy atom. The SMILES string of the molecule is CC1CC(=O)Nc2ccc(F)c(C#N)c2N1. The first-order valence-electron chi connectivity index (χ1n) is 4.91. The van der Waals surface area contributed by atoms with E-state index in [0.29, 0.717) is 17.8 Å². The van der Waals surface area contributed by atoms with Crippen molar-refractivity contribution < 1.29 is 9.18 Å². The topological polar surface area (TPSA) is 64.9 Å². The molecule has 0 saturated carbocycles. The molecule has 0 aliphatic carbocycles. The van der Waals surface area contributed by atoms with Crippen LogP contribution in [0.15, 0.2) is 12.1 Å². The van der Waals surface area contributed by atoms with Crippen LogP contribution in [-0.4, -0.2) is 11.9 Å². The van der Waals surface area contributed by atoms with Crippen molar-refractivity contribution in [2.75, 3.05) is 10.6 Å². The second-order valence-electron chi connectivity index (χ2n) is 3.75. The highest BCUT2D eigenvalue weighted by molar-refractivity contribution is 5.97. The van der Waals surface area contributed by atoms with E-state index < -0.39 is 5.82 Å². The first-order valence-corrected chi connectivity index (χ1v) is 4.91. The number of anilines is 2. The summed E-state index contributed by atoms with van der Waals surface area (Å²) in [4.78, 5) is 11.4. The van der Waals surface area contributed by atoms with Gasteiger partial charge in [0.05, 0.1) is 11.4 Å². The van der Waals surface area contributed by atoms with Crippen molar-refractivity contribution in [1.82, 2.24) is 0 Å². The number of fused-ring (bicyclic) bond motifs is 1. The predicted octanol–water partition coefficient (Wildman–Crippen LogP) is 1.84. The van der Waals surface area contributed by atoms with E-state index >= 15 is 0 Å². The number of benzene rings is 1. The third-order valence-corrected chi connectivity index (χ3v) is 2.42. The van der Waals surface area contributed by atoms with Gasteiger partial charge >= 0.3 is 0 Å². The number of hydrogen-bond acceptors (Lipinski definition) is 3. The summed E-state index contributed by atoms with van der Waals surface area (Å²) >= 11 is 0. The Morgan fingerprint density at radius 2 is 2.31 bits per heavy atom. The molecule has 82 valence electrons. The molecular weight excluding hydrogens is 209 g/mol. The zero-order valence-corrected chi connectivity index (χ0v) is 8.67. The molecule has 1 aliphatic heterocycles. The van der Waals surface area contributed by atoms with Crippen LogP contribution in [0.1, 0.15) is 18.9 Å². The third-order valence-electron chi connectivity index (χ3n) is 2.42. The maximum Gasteiger partial charge on any atom is 0.226 e. The summed E-state index contributed by atoms with van der Waals surface area (Å²) in [5.41, 5.74) is 0.750. The van der Waals surface area contributed by atoms with Crippen LogP contribution in [0.3, 0.4) is 0 Å². The van der Waals surface area contributed by atoms with E-state index in [1.807, 2.05) is 0 Å². The van der Waals surface area contributed by atoms with Crippen molar-refractivity contribution in [2.24, 2.45) is 0 Å². The van der Waals surface area contributed by atoms with Gasteiger partial charge < -0.3 is 10.6 Å². The second-order valence-corrected chi connectivity index (χ2v) is 3.75. The Kier molecular flexibility index (Phi) is 2.49. The molecule has 0 aromatic heterocycles. The van der Waals surface area contributed by atoms with Gasteiger partial charge in [0, 0.05) is 12.5 Å². The number of rotatable bonds is 0. The molecule has 0 radical (unpaired) electrons. The molecule has 0 bridgehead atoms. The zero-order valence-electron chi connectivity index (χ0n) is 8.67. The van der Waals surface area contributed by atoms with Gasteiger partial charge in [0.15, 0.2) is 0 Å². The fraction of sp³-hybridized carbons (Fsp3) is 0.273. The molecule has 0 spiro atoms. The lowest BCUT2D eigenvalue weighted by atomic mass is 10.1. The van der Waals surface area contributed by atoms with Gasteiger partial charge in [-0.05, 0) is 19.1 Å². The molecule has 0 saturated heterocycles. The van der Waals surface area contributed by atoms with Crippen LogP contribution in [0.4, 0.5) is 15.8 Å². The molecule has 1 atom stereocenters. The second kappa shape index (κ2) is 3.81. The Bertz CT molecular complexity index is 493. The minimum Gasteiger partial charge on any atom is -0.379 e. The standard InChI is InChI=1S/C11H10FN3O/c1-6-4-10(16)15-9-3-2-8(12)7(5-13)11(9)14-6/h2-3,6,14H,4H2,1H3,(H,15,16). The summed E-state index contributed by atoms with van der Waals surface area (Å²) in [5.74, 6) is -0.730. The Balaban J connectivity index is 2.58. The van der Waals surface area contributed by atoms with Gasteiger partial charge in [0.1, 0.15) is 17.4 Å². The Hall–Kier alpha value is -2.09. The number of carbonyl (C=O) groups excluding carboxylic acids is 1. The summed E-state index contributed by atoms with van der Waals surface area (Å²) < 4.78 is 13.4. The van der Waals surface area contributed by atoms with Crippen LogP contribution in [0.2, 0.25) is 0 Å². The summed E-state index contributed by atoms with van der Waals surface area (Å²) in [5, 5.41) is 14.5. The average molecular weight is 219 g/mol. The predicted molar refractivity (Wildman–Crippen MR) is 57.4 cm³/mol. The fourth-order valence-electron chi connectivity index (χ4n) is 1.72. The van der Waals surface area contributed by atoms with E-state index in [0.717, 1.165) is 0 Å². The lowest BCUT2D eigenvalue weighted by Gasteiger charge is -2.13. The van der Waals surface area contributed by atoms with Crippen molar-refractivity contribution in [1.29, 1.82) is 5.26 Å². The molecule has 1 aromatic carbocycles. The lowest BCUT2D eigenvalue weighted by molar-refractivity contribution is -0.116. The van der Waals surface area contributed by atoms with Crippen LogP contribution in [0.5, 0.6) is 0 Å². The molecule has 4 nitrogen and oxygen atoms in total. The van der Waals surface area contributed by atoms with Crippen molar-refractivity contribution in [3.63, 3.8) is 0 Å². The Morgan fingerprint density at radius 1 is 1.56 bits per heavy atom. The van der Waals surface area contributed by atoms with Gasteiger partial charge in [-0.25, -0.2) is 4.39 Å². The average Bonchev–Trinajstić information content (AvgIpc) is 2.35. The first kappa shape index (κ1) is 10.4. The largest absolute Gasteiger partial charge is 0.379 e. The maximum absolute atomic E-state index is 13.4. The van der Waals surface area contributed by atoms with E-state index in [1.165, 1.54) is 12.1 Å². The summed E-state index contributed by atoms with van der Waals surface area (Å²) in [7, 11) is 0. The van der Waals surface area contributed by atoms with Crippen molar-refractivity contribution >= 4 is 17.3 Å². The van der Waals surface area contributed by atoms with E-state index in [2.05, 4.69) is 10.6 Å². The van der Waals surface area contributed by atoms with Crippen molar-refractivity contribution in [2.45, 2.75) is 19.4 Å². The molecule has 1 heterocycles. The molecule has 1 amide bonds. The number of nitrogens with zero attached hydrogens (tertiary/aromatic N) is 1. The van der Waals surface area contributed by atoms with Gasteiger partial charge in [0.25, 0.3) is 0 Å². The van der Waals surface area contributed by atoms with Gasteiger partial charge in [-0.1, -0.05) is 0 Å². The molecule has 0 fully saturated rings. The highest BCUT2D eigenvalue weighted by Crippen LogP contribution is 2.31. The number of amides is 1. The number of nitriles is 1. The lowest BCUT2D eigenvalue weighted by Crippen LogP contribution is -2.19. The first-order chi connectivity index (χ1) is 7.61. The molecular formula is C11H10FN3O. The smallest absolute Gasteiger partial charge is 0.226 e. The quantitative estimate of drug-likeness (QED) is 0.699. The minimum absolute atomic E-state index is 0.0634. The molecule has 1 aliphatic rings. The highest BCUT2D eigenvalue weighted by Gasteiger charge is 2.21.